The largest absolute Gasteiger partial charge is 0.462 e. The molecule has 0 aromatic heterocycles. The first kappa shape index (κ1) is 15.5. The quantitative estimate of drug-likeness (QED) is 0.799. The molecule has 1 heterocycles. The zero-order valence-electron chi connectivity index (χ0n) is 13.8. The Hall–Kier alpha value is -1.35. The molecular formula is C19H27NO2. The van der Waals surface area contributed by atoms with E-state index >= 15 is 0 Å². The van der Waals surface area contributed by atoms with Gasteiger partial charge in [-0.2, -0.15) is 0 Å². The molecule has 0 bridgehead atoms. The summed E-state index contributed by atoms with van der Waals surface area (Å²) in [5.74, 6) is 0.409. The zero-order valence-corrected chi connectivity index (χ0v) is 13.8. The highest BCUT2D eigenvalue weighted by molar-refractivity contribution is 5.83. The second-order valence-electron chi connectivity index (χ2n) is 7.10. The summed E-state index contributed by atoms with van der Waals surface area (Å²) in [5, 5.41) is 0. The van der Waals surface area contributed by atoms with Gasteiger partial charge < -0.3 is 9.64 Å². The third-order valence-corrected chi connectivity index (χ3v) is 5.66. The van der Waals surface area contributed by atoms with Crippen LogP contribution in [0.5, 0.6) is 0 Å². The number of likely N-dealkylation sites (tertiary alicyclic amines) is 1. The minimum absolute atomic E-state index is 0.0158. The van der Waals surface area contributed by atoms with Crippen LogP contribution in [-0.2, 0) is 14.9 Å². The van der Waals surface area contributed by atoms with Crippen molar-refractivity contribution in [2.24, 2.45) is 5.92 Å². The number of esters is 1. The van der Waals surface area contributed by atoms with Crippen LogP contribution in [0, 0.1) is 5.92 Å². The normalized spacial score (nSPS) is 23.5. The van der Waals surface area contributed by atoms with E-state index in [4.69, 9.17) is 4.74 Å². The molecule has 1 aromatic carbocycles. The lowest BCUT2D eigenvalue weighted by molar-refractivity contribution is -0.161. The number of nitrogens with zero attached hydrogens (tertiary/aromatic N) is 1. The lowest BCUT2D eigenvalue weighted by Crippen LogP contribution is -2.47. The number of benzene rings is 1. The molecule has 0 N–H and O–H groups in total. The van der Waals surface area contributed by atoms with Crippen molar-refractivity contribution < 1.29 is 9.53 Å². The molecule has 1 aromatic rings. The van der Waals surface area contributed by atoms with E-state index in [-0.39, 0.29) is 12.1 Å². The Morgan fingerprint density at radius 3 is 2.32 bits per heavy atom. The fourth-order valence-electron chi connectivity index (χ4n) is 3.67. The summed E-state index contributed by atoms with van der Waals surface area (Å²) in [6, 6.07) is 10.2. The van der Waals surface area contributed by atoms with Crippen LogP contribution in [0.15, 0.2) is 30.3 Å². The van der Waals surface area contributed by atoms with Crippen LogP contribution in [0.2, 0.25) is 0 Å². The molecule has 3 nitrogen and oxygen atoms in total. The molecule has 0 amide bonds. The first-order valence-electron chi connectivity index (χ1n) is 8.56. The van der Waals surface area contributed by atoms with E-state index in [0.717, 1.165) is 44.3 Å². The van der Waals surface area contributed by atoms with Crippen LogP contribution in [0.3, 0.4) is 0 Å². The minimum Gasteiger partial charge on any atom is -0.462 e. The van der Waals surface area contributed by atoms with Crippen molar-refractivity contribution in [2.75, 3.05) is 20.1 Å². The van der Waals surface area contributed by atoms with Crippen molar-refractivity contribution in [3.8, 4) is 0 Å². The molecule has 2 fully saturated rings. The topological polar surface area (TPSA) is 29.5 Å². The second-order valence-corrected chi connectivity index (χ2v) is 7.10. The number of ether oxygens (including phenoxy) is 1. The molecule has 22 heavy (non-hydrogen) atoms. The maximum absolute atomic E-state index is 13.0. The SMILES string of the molecule is CN1CCC(OC(=O)C(C)(c2ccccc2)C2CCC2)CC1. The predicted octanol–water partition coefficient (Wildman–Crippen LogP) is 3.38. The predicted molar refractivity (Wildman–Crippen MR) is 87.7 cm³/mol. The highest BCUT2D eigenvalue weighted by atomic mass is 16.5. The number of carbonyl (C=O) groups excluding carboxylic acids is 1. The van der Waals surface area contributed by atoms with Gasteiger partial charge in [0.1, 0.15) is 6.10 Å². The summed E-state index contributed by atoms with van der Waals surface area (Å²) < 4.78 is 5.95. The first-order valence-corrected chi connectivity index (χ1v) is 8.56. The molecule has 120 valence electrons. The second kappa shape index (κ2) is 6.41. The molecule has 1 unspecified atom stereocenters. The molecule has 1 atom stereocenters. The van der Waals surface area contributed by atoms with Crippen molar-refractivity contribution in [3.05, 3.63) is 35.9 Å². The van der Waals surface area contributed by atoms with Gasteiger partial charge in [-0.3, -0.25) is 4.79 Å². The Kier molecular flexibility index (Phi) is 4.53. The minimum atomic E-state index is -0.483. The van der Waals surface area contributed by atoms with Gasteiger partial charge in [0.2, 0.25) is 0 Å². The smallest absolute Gasteiger partial charge is 0.316 e. The van der Waals surface area contributed by atoms with Crippen molar-refractivity contribution in [3.63, 3.8) is 0 Å². The number of hydrogen-bond donors (Lipinski definition) is 0. The molecule has 1 aliphatic heterocycles. The van der Waals surface area contributed by atoms with Gasteiger partial charge in [-0.1, -0.05) is 36.8 Å². The first-order chi connectivity index (χ1) is 10.6. The van der Waals surface area contributed by atoms with Crippen LogP contribution in [0.4, 0.5) is 0 Å². The summed E-state index contributed by atoms with van der Waals surface area (Å²) in [5.41, 5.74) is 0.626. The fraction of sp³-hybridized carbons (Fsp3) is 0.632. The van der Waals surface area contributed by atoms with Gasteiger partial charge in [-0.25, -0.2) is 0 Å². The molecule has 1 saturated carbocycles. The third-order valence-electron chi connectivity index (χ3n) is 5.66. The van der Waals surface area contributed by atoms with E-state index in [2.05, 4.69) is 31.0 Å². The Morgan fingerprint density at radius 1 is 1.14 bits per heavy atom. The summed E-state index contributed by atoms with van der Waals surface area (Å²) in [6.07, 6.45) is 5.50. The third kappa shape index (κ3) is 2.91. The van der Waals surface area contributed by atoms with Crippen molar-refractivity contribution >= 4 is 5.97 Å². The molecule has 1 aliphatic carbocycles. The van der Waals surface area contributed by atoms with Crippen molar-refractivity contribution in [1.82, 2.24) is 4.90 Å². The van der Waals surface area contributed by atoms with E-state index in [9.17, 15) is 4.79 Å². The summed E-state index contributed by atoms with van der Waals surface area (Å²) in [4.78, 5) is 15.3. The Bertz CT molecular complexity index is 503. The maximum Gasteiger partial charge on any atom is 0.316 e. The van der Waals surface area contributed by atoms with Crippen LogP contribution >= 0.6 is 0 Å². The van der Waals surface area contributed by atoms with Gasteiger partial charge in [0.05, 0.1) is 5.41 Å². The van der Waals surface area contributed by atoms with Crippen LogP contribution in [0.25, 0.3) is 0 Å². The maximum atomic E-state index is 13.0. The molecule has 3 rings (SSSR count). The van der Waals surface area contributed by atoms with Crippen molar-refractivity contribution in [2.45, 2.75) is 50.5 Å². The number of carbonyl (C=O) groups is 1. The van der Waals surface area contributed by atoms with E-state index in [1.807, 2.05) is 18.2 Å². The van der Waals surface area contributed by atoms with E-state index < -0.39 is 5.41 Å². The standard InChI is InChI=1S/C19H27NO2/c1-19(16-9-6-10-16,15-7-4-3-5-8-15)18(21)22-17-11-13-20(2)14-12-17/h3-5,7-8,16-17H,6,9-14H2,1-2H3. The van der Waals surface area contributed by atoms with Gasteiger partial charge in [0.25, 0.3) is 0 Å². The summed E-state index contributed by atoms with van der Waals surface area (Å²) in [6.45, 7) is 4.12. The molecule has 3 heteroatoms. The number of rotatable bonds is 4. The van der Waals surface area contributed by atoms with Crippen LogP contribution in [0.1, 0.15) is 44.6 Å². The van der Waals surface area contributed by atoms with Gasteiger partial charge >= 0.3 is 5.97 Å². The lowest BCUT2D eigenvalue weighted by Gasteiger charge is -2.42. The summed E-state index contributed by atoms with van der Waals surface area (Å²) >= 11 is 0. The van der Waals surface area contributed by atoms with Crippen molar-refractivity contribution in [1.29, 1.82) is 0 Å². The van der Waals surface area contributed by atoms with Gasteiger partial charge in [-0.05, 0) is 51.1 Å². The fourth-order valence-corrected chi connectivity index (χ4v) is 3.67. The molecule has 2 aliphatic rings. The number of piperidine rings is 1. The average molecular weight is 301 g/mol. The van der Waals surface area contributed by atoms with Crippen LogP contribution in [-0.4, -0.2) is 37.1 Å². The molecule has 1 saturated heterocycles. The Morgan fingerprint density at radius 2 is 1.77 bits per heavy atom. The molecular weight excluding hydrogens is 274 g/mol. The lowest BCUT2D eigenvalue weighted by atomic mass is 9.63. The van der Waals surface area contributed by atoms with E-state index in [1.165, 1.54) is 6.42 Å². The zero-order chi connectivity index (χ0) is 15.6. The Labute approximate surface area is 133 Å². The van der Waals surface area contributed by atoms with Gasteiger partial charge in [0, 0.05) is 13.1 Å². The average Bonchev–Trinajstić information content (AvgIpc) is 2.48. The van der Waals surface area contributed by atoms with E-state index in [0.29, 0.717) is 5.92 Å². The highest BCUT2D eigenvalue weighted by Crippen LogP contribution is 2.45. The Balaban J connectivity index is 1.76. The molecule has 0 radical (unpaired) electrons. The summed E-state index contributed by atoms with van der Waals surface area (Å²) in [7, 11) is 2.13. The van der Waals surface area contributed by atoms with Gasteiger partial charge in [0.15, 0.2) is 0 Å². The monoisotopic (exact) mass is 301 g/mol. The van der Waals surface area contributed by atoms with Crippen LogP contribution < -0.4 is 0 Å². The molecule has 0 spiro atoms. The van der Waals surface area contributed by atoms with Gasteiger partial charge in [-0.15, -0.1) is 0 Å². The van der Waals surface area contributed by atoms with E-state index in [1.54, 1.807) is 0 Å². The highest BCUT2D eigenvalue weighted by Gasteiger charge is 2.47. The number of hydrogen-bond acceptors (Lipinski definition) is 3.